The molecule has 1 heterocycles. The van der Waals surface area contributed by atoms with E-state index in [2.05, 4.69) is 20.9 Å². The van der Waals surface area contributed by atoms with Crippen molar-refractivity contribution in [2.75, 3.05) is 6.61 Å². The lowest BCUT2D eigenvalue weighted by Gasteiger charge is -2.04. The minimum absolute atomic E-state index is 0.00335. The smallest absolute Gasteiger partial charge is 0.328 e. The number of H-pyrrole nitrogens is 1. The molecular weight excluding hydrogens is 276 g/mol. The highest BCUT2D eigenvalue weighted by molar-refractivity contribution is 9.10. The molecule has 6 heteroatoms. The van der Waals surface area contributed by atoms with Gasteiger partial charge in [0, 0.05) is 4.47 Å². The molecule has 0 radical (unpaired) electrons. The van der Waals surface area contributed by atoms with Crippen LogP contribution in [0.4, 0.5) is 0 Å². The van der Waals surface area contributed by atoms with Crippen LogP contribution in [0.2, 0.25) is 0 Å². The molecule has 16 heavy (non-hydrogen) atoms. The van der Waals surface area contributed by atoms with Gasteiger partial charge in [0.25, 0.3) is 5.56 Å². The SMILES string of the molecule is O=c1[nH]c2ccc(Br)cc2c(=O)n1CCO. The van der Waals surface area contributed by atoms with Crippen LogP contribution in [0.1, 0.15) is 0 Å². The van der Waals surface area contributed by atoms with Crippen LogP contribution >= 0.6 is 15.9 Å². The molecule has 0 unspecified atom stereocenters. The number of aliphatic hydroxyl groups is 1. The zero-order chi connectivity index (χ0) is 11.7. The second-order valence-electron chi connectivity index (χ2n) is 3.30. The Morgan fingerprint density at radius 3 is 2.81 bits per heavy atom. The summed E-state index contributed by atoms with van der Waals surface area (Å²) in [5, 5.41) is 9.19. The number of aliphatic hydroxyl groups excluding tert-OH is 1. The number of nitrogens with one attached hydrogen (secondary N) is 1. The van der Waals surface area contributed by atoms with Crippen LogP contribution in [-0.4, -0.2) is 21.3 Å². The molecule has 84 valence electrons. The van der Waals surface area contributed by atoms with Crippen LogP contribution < -0.4 is 11.2 Å². The van der Waals surface area contributed by atoms with Gasteiger partial charge in [-0.15, -0.1) is 0 Å². The summed E-state index contributed by atoms with van der Waals surface area (Å²) < 4.78 is 1.74. The van der Waals surface area contributed by atoms with Gasteiger partial charge >= 0.3 is 5.69 Å². The van der Waals surface area contributed by atoms with Crippen LogP contribution in [0, 0.1) is 0 Å². The molecule has 0 bridgehead atoms. The Kier molecular flexibility index (Phi) is 2.93. The van der Waals surface area contributed by atoms with Gasteiger partial charge in [0.15, 0.2) is 0 Å². The topological polar surface area (TPSA) is 75.1 Å². The first-order valence-corrected chi connectivity index (χ1v) is 5.46. The van der Waals surface area contributed by atoms with E-state index in [0.29, 0.717) is 10.9 Å². The molecule has 1 aromatic carbocycles. The Morgan fingerprint density at radius 1 is 1.38 bits per heavy atom. The molecule has 2 rings (SSSR count). The van der Waals surface area contributed by atoms with Crippen molar-refractivity contribution in [2.45, 2.75) is 6.54 Å². The number of halogens is 1. The number of aromatic amines is 1. The summed E-state index contributed by atoms with van der Waals surface area (Å²) in [5.41, 5.74) is -0.407. The van der Waals surface area contributed by atoms with Crippen molar-refractivity contribution in [3.05, 3.63) is 43.5 Å². The monoisotopic (exact) mass is 284 g/mol. The molecule has 0 atom stereocenters. The minimum Gasteiger partial charge on any atom is -0.395 e. The summed E-state index contributed by atoms with van der Waals surface area (Å²) >= 11 is 3.26. The first-order chi connectivity index (χ1) is 7.63. The van der Waals surface area contributed by atoms with Gasteiger partial charge in [-0.05, 0) is 18.2 Å². The molecule has 5 nitrogen and oxygen atoms in total. The van der Waals surface area contributed by atoms with Gasteiger partial charge in [0.1, 0.15) is 0 Å². The van der Waals surface area contributed by atoms with E-state index in [1.165, 1.54) is 0 Å². The third-order valence-electron chi connectivity index (χ3n) is 2.27. The Bertz CT molecular complexity index is 645. The second kappa shape index (κ2) is 4.23. The average Bonchev–Trinajstić information content (AvgIpc) is 2.26. The van der Waals surface area contributed by atoms with Gasteiger partial charge in [0.05, 0.1) is 24.1 Å². The van der Waals surface area contributed by atoms with Gasteiger partial charge in [-0.1, -0.05) is 15.9 Å². The highest BCUT2D eigenvalue weighted by Crippen LogP contribution is 2.13. The fourth-order valence-electron chi connectivity index (χ4n) is 1.53. The number of benzene rings is 1. The molecule has 2 aromatic rings. The maximum absolute atomic E-state index is 11.9. The van der Waals surface area contributed by atoms with Crippen molar-refractivity contribution >= 4 is 26.8 Å². The predicted octanol–water partition coefficient (Wildman–Crippen LogP) is 0.445. The molecule has 0 spiro atoms. The summed E-state index contributed by atoms with van der Waals surface area (Å²) in [4.78, 5) is 26.0. The lowest BCUT2D eigenvalue weighted by molar-refractivity contribution is 0.272. The number of hydrogen-bond donors (Lipinski definition) is 2. The number of nitrogens with zero attached hydrogens (tertiary/aromatic N) is 1. The van der Waals surface area contributed by atoms with Gasteiger partial charge in [-0.2, -0.15) is 0 Å². The van der Waals surface area contributed by atoms with E-state index < -0.39 is 11.2 Å². The number of rotatable bonds is 2. The summed E-state index contributed by atoms with van der Waals surface area (Å²) in [6.45, 7) is -0.251. The van der Waals surface area contributed by atoms with Crippen LogP contribution in [0.25, 0.3) is 10.9 Å². The Balaban J connectivity index is 2.85. The van der Waals surface area contributed by atoms with Crippen LogP contribution in [-0.2, 0) is 6.54 Å². The maximum Gasteiger partial charge on any atom is 0.328 e. The molecule has 0 saturated carbocycles. The quantitative estimate of drug-likeness (QED) is 0.841. The molecule has 1 aromatic heterocycles. The zero-order valence-corrected chi connectivity index (χ0v) is 9.82. The summed E-state index contributed by atoms with van der Waals surface area (Å²) in [5.74, 6) is 0. The first kappa shape index (κ1) is 11.1. The lowest BCUT2D eigenvalue weighted by atomic mass is 10.2. The molecule has 0 amide bonds. The van der Waals surface area contributed by atoms with E-state index in [1.54, 1.807) is 18.2 Å². The van der Waals surface area contributed by atoms with Crippen molar-refractivity contribution < 1.29 is 5.11 Å². The third kappa shape index (κ3) is 1.81. The molecular formula is C10H9BrN2O3. The molecule has 0 aliphatic rings. The Labute approximate surface area is 98.5 Å². The normalized spacial score (nSPS) is 10.9. The zero-order valence-electron chi connectivity index (χ0n) is 8.24. The third-order valence-corrected chi connectivity index (χ3v) is 2.76. The fraction of sp³-hybridized carbons (Fsp3) is 0.200. The van der Waals surface area contributed by atoms with Crippen molar-refractivity contribution in [2.24, 2.45) is 0 Å². The summed E-state index contributed by atoms with van der Waals surface area (Å²) in [7, 11) is 0. The molecule has 0 saturated heterocycles. The Hall–Kier alpha value is -1.40. The van der Waals surface area contributed by atoms with E-state index in [-0.39, 0.29) is 13.2 Å². The van der Waals surface area contributed by atoms with Crippen LogP contribution in [0.5, 0.6) is 0 Å². The van der Waals surface area contributed by atoms with Crippen molar-refractivity contribution in [3.8, 4) is 0 Å². The van der Waals surface area contributed by atoms with Crippen LogP contribution in [0.3, 0.4) is 0 Å². The van der Waals surface area contributed by atoms with E-state index in [0.717, 1.165) is 9.04 Å². The van der Waals surface area contributed by atoms with Crippen molar-refractivity contribution in [1.29, 1.82) is 0 Å². The second-order valence-corrected chi connectivity index (χ2v) is 4.22. The van der Waals surface area contributed by atoms with Gasteiger partial charge in [-0.3, -0.25) is 9.36 Å². The standard InChI is InChI=1S/C10H9BrN2O3/c11-6-1-2-8-7(5-6)9(15)13(3-4-14)10(16)12-8/h1-2,5,14H,3-4H2,(H,12,16). The number of aromatic nitrogens is 2. The molecule has 2 N–H and O–H groups in total. The molecule has 0 aliphatic heterocycles. The fourth-order valence-corrected chi connectivity index (χ4v) is 1.89. The van der Waals surface area contributed by atoms with Crippen molar-refractivity contribution in [1.82, 2.24) is 9.55 Å². The van der Waals surface area contributed by atoms with Gasteiger partial charge in [0.2, 0.25) is 0 Å². The lowest BCUT2D eigenvalue weighted by Crippen LogP contribution is -2.35. The minimum atomic E-state index is -0.506. The summed E-state index contributed by atoms with van der Waals surface area (Å²) in [6, 6.07) is 5.04. The van der Waals surface area contributed by atoms with Crippen molar-refractivity contribution in [3.63, 3.8) is 0 Å². The van der Waals surface area contributed by atoms with E-state index in [1.807, 2.05) is 0 Å². The highest BCUT2D eigenvalue weighted by atomic mass is 79.9. The molecule has 0 fully saturated rings. The predicted molar refractivity (Wildman–Crippen MR) is 63.6 cm³/mol. The first-order valence-electron chi connectivity index (χ1n) is 4.66. The van der Waals surface area contributed by atoms with Gasteiger partial charge < -0.3 is 10.1 Å². The maximum atomic E-state index is 11.9. The number of hydrogen-bond acceptors (Lipinski definition) is 3. The highest BCUT2D eigenvalue weighted by Gasteiger charge is 2.06. The number of fused-ring (bicyclic) bond motifs is 1. The van der Waals surface area contributed by atoms with E-state index >= 15 is 0 Å². The average molecular weight is 285 g/mol. The van der Waals surface area contributed by atoms with Gasteiger partial charge in [-0.25, -0.2) is 4.79 Å². The Morgan fingerprint density at radius 2 is 2.12 bits per heavy atom. The summed E-state index contributed by atoms with van der Waals surface area (Å²) in [6.07, 6.45) is 0. The molecule has 0 aliphatic carbocycles. The van der Waals surface area contributed by atoms with E-state index in [4.69, 9.17) is 5.11 Å². The van der Waals surface area contributed by atoms with Crippen LogP contribution in [0.15, 0.2) is 32.3 Å². The largest absolute Gasteiger partial charge is 0.395 e. The van der Waals surface area contributed by atoms with E-state index in [9.17, 15) is 9.59 Å².